The van der Waals surface area contributed by atoms with Gasteiger partial charge in [-0.2, -0.15) is 0 Å². The zero-order chi connectivity index (χ0) is 18.9. The van der Waals surface area contributed by atoms with Crippen molar-refractivity contribution in [2.75, 3.05) is 0 Å². The summed E-state index contributed by atoms with van der Waals surface area (Å²) in [5, 5.41) is 21.1. The van der Waals surface area contributed by atoms with Crippen LogP contribution in [0.1, 0.15) is 47.7 Å². The van der Waals surface area contributed by atoms with E-state index in [1.54, 1.807) is 0 Å². The second-order valence-corrected chi connectivity index (χ2v) is 7.03. The van der Waals surface area contributed by atoms with Crippen LogP contribution in [0.4, 0.5) is 0 Å². The average Bonchev–Trinajstić information content (AvgIpc) is 3.13. The molecular formula is C19H23N3O3S. The summed E-state index contributed by atoms with van der Waals surface area (Å²) in [6.07, 6.45) is 2.68. The van der Waals surface area contributed by atoms with E-state index in [-0.39, 0.29) is 18.2 Å². The molecule has 1 heterocycles. The molecule has 0 saturated carbocycles. The highest BCUT2D eigenvalue weighted by Gasteiger charge is 2.18. The number of rotatable bonds is 10. The minimum absolute atomic E-state index is 0.0508. The Morgan fingerprint density at radius 3 is 2.50 bits per heavy atom. The molecule has 0 saturated heterocycles. The van der Waals surface area contributed by atoms with Crippen LogP contribution >= 0.6 is 11.3 Å². The number of hydrogen-bond donors (Lipinski definition) is 4. The topological polar surface area (TPSA) is 116 Å². The van der Waals surface area contributed by atoms with Crippen LogP contribution in [-0.2, 0) is 16.0 Å². The van der Waals surface area contributed by atoms with Gasteiger partial charge in [0.1, 0.15) is 5.84 Å². The summed E-state index contributed by atoms with van der Waals surface area (Å²) in [4.78, 5) is 24.0. The molecule has 1 amide bonds. The monoisotopic (exact) mass is 373 g/mol. The van der Waals surface area contributed by atoms with Gasteiger partial charge in [0.15, 0.2) is 0 Å². The first-order chi connectivity index (χ1) is 12.5. The van der Waals surface area contributed by atoms with E-state index in [4.69, 9.17) is 16.2 Å². The van der Waals surface area contributed by atoms with E-state index in [0.29, 0.717) is 12.0 Å². The number of amidine groups is 1. The van der Waals surface area contributed by atoms with Crippen LogP contribution in [-0.4, -0.2) is 22.8 Å². The Morgan fingerprint density at radius 2 is 1.92 bits per heavy atom. The number of benzene rings is 1. The van der Waals surface area contributed by atoms with E-state index in [9.17, 15) is 9.59 Å². The number of unbranched alkanes of at least 4 members (excludes halogenated alkanes) is 1. The normalized spacial score (nSPS) is 11.7. The number of nitrogen functional groups attached to an aromatic ring is 1. The Kier molecular flexibility index (Phi) is 7.35. The summed E-state index contributed by atoms with van der Waals surface area (Å²) in [5.74, 6) is -1.01. The number of amides is 1. The molecule has 0 spiro atoms. The maximum atomic E-state index is 12.1. The molecule has 0 unspecified atom stereocenters. The fourth-order valence-corrected chi connectivity index (χ4v) is 3.40. The third-order valence-corrected chi connectivity index (χ3v) is 4.97. The molecule has 6 nitrogen and oxygen atoms in total. The van der Waals surface area contributed by atoms with Gasteiger partial charge in [-0.25, -0.2) is 0 Å². The highest BCUT2D eigenvalue weighted by molar-refractivity contribution is 7.10. The minimum Gasteiger partial charge on any atom is -0.481 e. The molecular weight excluding hydrogens is 350 g/mol. The number of carboxylic acids is 1. The number of hydrogen-bond acceptors (Lipinski definition) is 4. The van der Waals surface area contributed by atoms with Crippen molar-refractivity contribution in [2.24, 2.45) is 5.73 Å². The van der Waals surface area contributed by atoms with Crippen molar-refractivity contribution in [3.63, 3.8) is 0 Å². The zero-order valence-corrected chi connectivity index (χ0v) is 15.2. The van der Waals surface area contributed by atoms with Crippen molar-refractivity contribution in [3.8, 4) is 0 Å². The van der Waals surface area contributed by atoms with Gasteiger partial charge in [-0.1, -0.05) is 30.3 Å². The molecule has 5 N–H and O–H groups in total. The number of aliphatic carboxylic acids is 1. The van der Waals surface area contributed by atoms with E-state index in [0.717, 1.165) is 29.7 Å². The molecule has 0 bridgehead atoms. The van der Waals surface area contributed by atoms with Gasteiger partial charge < -0.3 is 16.2 Å². The van der Waals surface area contributed by atoms with Gasteiger partial charge in [0.2, 0.25) is 5.91 Å². The smallest absolute Gasteiger partial charge is 0.305 e. The predicted octanol–water partition coefficient (Wildman–Crippen LogP) is 3.08. The molecule has 1 aromatic heterocycles. The average molecular weight is 373 g/mol. The molecule has 0 aliphatic heterocycles. The highest BCUT2D eigenvalue weighted by Crippen LogP contribution is 2.22. The molecule has 2 rings (SSSR count). The lowest BCUT2D eigenvalue weighted by Crippen LogP contribution is -2.29. The standard InChI is InChI=1S/C19H23N3O3S/c20-19(21)14-9-7-13(8-10-14)4-1-2-6-17(23)22-15(12-18(24)25)16-5-3-11-26-16/h3,5,7-11,15H,1-2,4,6,12H2,(H3,20,21)(H,22,23)(H,24,25)/t15-/m0/s1. The molecule has 0 aliphatic rings. The first-order valence-corrected chi connectivity index (χ1v) is 9.31. The predicted molar refractivity (Wildman–Crippen MR) is 102 cm³/mol. The second kappa shape index (κ2) is 9.72. The Labute approximate surface area is 156 Å². The van der Waals surface area contributed by atoms with Gasteiger partial charge in [-0.05, 0) is 36.3 Å². The summed E-state index contributed by atoms with van der Waals surface area (Å²) in [5.41, 5.74) is 7.26. The number of carbonyl (C=O) groups is 2. The summed E-state index contributed by atoms with van der Waals surface area (Å²) in [6.45, 7) is 0. The van der Waals surface area contributed by atoms with Crippen molar-refractivity contribution in [2.45, 2.75) is 38.1 Å². The van der Waals surface area contributed by atoms with Gasteiger partial charge in [-0.15, -0.1) is 11.3 Å². The van der Waals surface area contributed by atoms with E-state index in [2.05, 4.69) is 5.32 Å². The lowest BCUT2D eigenvalue weighted by molar-refractivity contribution is -0.137. The van der Waals surface area contributed by atoms with E-state index < -0.39 is 12.0 Å². The lowest BCUT2D eigenvalue weighted by atomic mass is 10.0. The van der Waals surface area contributed by atoms with Crippen LogP contribution in [0.5, 0.6) is 0 Å². The molecule has 1 aromatic carbocycles. The van der Waals surface area contributed by atoms with Crippen LogP contribution in [0.25, 0.3) is 0 Å². The first kappa shape index (κ1) is 19.7. The Hall–Kier alpha value is -2.67. The van der Waals surface area contributed by atoms with Crippen LogP contribution in [0.3, 0.4) is 0 Å². The number of aryl methyl sites for hydroxylation is 1. The maximum Gasteiger partial charge on any atom is 0.305 e. The van der Waals surface area contributed by atoms with E-state index in [1.807, 2.05) is 41.8 Å². The maximum absolute atomic E-state index is 12.1. The van der Waals surface area contributed by atoms with Crippen molar-refractivity contribution in [3.05, 3.63) is 57.8 Å². The Bertz CT molecular complexity index is 742. The number of carbonyl (C=O) groups excluding carboxylic acids is 1. The van der Waals surface area contributed by atoms with Gasteiger partial charge >= 0.3 is 5.97 Å². The number of thiophene rings is 1. The van der Waals surface area contributed by atoms with Gasteiger partial charge in [0.05, 0.1) is 12.5 Å². The fourth-order valence-electron chi connectivity index (χ4n) is 2.62. The molecule has 0 aliphatic carbocycles. The largest absolute Gasteiger partial charge is 0.481 e. The van der Waals surface area contributed by atoms with Gasteiger partial charge in [0.25, 0.3) is 0 Å². The van der Waals surface area contributed by atoms with Crippen LogP contribution < -0.4 is 11.1 Å². The molecule has 0 radical (unpaired) electrons. The van der Waals surface area contributed by atoms with Crippen molar-refractivity contribution in [1.82, 2.24) is 5.32 Å². The molecule has 0 fully saturated rings. The van der Waals surface area contributed by atoms with Crippen molar-refractivity contribution < 1.29 is 14.7 Å². The van der Waals surface area contributed by atoms with Crippen LogP contribution in [0.2, 0.25) is 0 Å². The summed E-state index contributed by atoms with van der Waals surface area (Å²) in [7, 11) is 0. The number of nitrogens with one attached hydrogen (secondary N) is 2. The zero-order valence-electron chi connectivity index (χ0n) is 14.4. The lowest BCUT2D eigenvalue weighted by Gasteiger charge is -2.15. The molecule has 26 heavy (non-hydrogen) atoms. The molecule has 7 heteroatoms. The van der Waals surface area contributed by atoms with Gasteiger partial charge in [-0.3, -0.25) is 15.0 Å². The summed E-state index contributed by atoms with van der Waals surface area (Å²) in [6, 6.07) is 10.7. The summed E-state index contributed by atoms with van der Waals surface area (Å²) >= 11 is 1.44. The summed E-state index contributed by atoms with van der Waals surface area (Å²) < 4.78 is 0. The van der Waals surface area contributed by atoms with E-state index in [1.165, 1.54) is 11.3 Å². The van der Waals surface area contributed by atoms with Crippen molar-refractivity contribution >= 4 is 29.0 Å². The minimum atomic E-state index is -0.933. The van der Waals surface area contributed by atoms with Gasteiger partial charge in [0, 0.05) is 16.9 Å². The van der Waals surface area contributed by atoms with Crippen molar-refractivity contribution in [1.29, 1.82) is 5.41 Å². The number of nitrogens with two attached hydrogens (primary N) is 1. The number of carboxylic acid groups (broad SMARTS) is 1. The quantitative estimate of drug-likeness (QED) is 0.291. The SMILES string of the molecule is N=C(N)c1ccc(CCCCC(=O)N[C@@H](CC(=O)O)c2cccs2)cc1. The van der Waals surface area contributed by atoms with Crippen LogP contribution in [0.15, 0.2) is 41.8 Å². The Morgan fingerprint density at radius 1 is 1.19 bits per heavy atom. The second-order valence-electron chi connectivity index (χ2n) is 6.05. The molecule has 2 aromatic rings. The molecule has 1 atom stereocenters. The Balaban J connectivity index is 1.75. The first-order valence-electron chi connectivity index (χ1n) is 8.43. The third kappa shape index (κ3) is 6.33. The molecule has 138 valence electrons. The van der Waals surface area contributed by atoms with Crippen LogP contribution in [0, 0.1) is 5.41 Å². The highest BCUT2D eigenvalue weighted by atomic mass is 32.1. The fraction of sp³-hybridized carbons (Fsp3) is 0.316. The van der Waals surface area contributed by atoms with E-state index >= 15 is 0 Å². The third-order valence-electron chi connectivity index (χ3n) is 3.98.